The van der Waals surface area contributed by atoms with Crippen LogP contribution in [-0.2, 0) is 25.6 Å². The van der Waals surface area contributed by atoms with Crippen molar-refractivity contribution < 1.29 is 23.5 Å². The van der Waals surface area contributed by atoms with Crippen LogP contribution in [0.15, 0.2) is 48.7 Å². The van der Waals surface area contributed by atoms with E-state index in [-0.39, 0.29) is 17.5 Å². The maximum Gasteiger partial charge on any atom is 0.330 e. The smallest absolute Gasteiger partial charge is 0.330 e. The first-order chi connectivity index (χ1) is 15.9. The van der Waals surface area contributed by atoms with E-state index in [1.165, 1.54) is 23.9 Å². The fourth-order valence-electron chi connectivity index (χ4n) is 4.88. The number of ether oxygens (including phenoxy) is 1. The SMILES string of the molecule is CCc1cccc2c(C(=O)COC(=O)[C@@H]3CS[C@]4(c5ccc(F)cc5)CCC(=O)N34)c[nH]c12. The van der Waals surface area contributed by atoms with Crippen LogP contribution in [0.1, 0.15) is 41.3 Å². The fraction of sp³-hybridized carbons (Fsp3) is 0.320. The number of ketones is 1. The Morgan fingerprint density at radius 3 is 2.79 bits per heavy atom. The van der Waals surface area contributed by atoms with Gasteiger partial charge in [-0.3, -0.25) is 9.59 Å². The van der Waals surface area contributed by atoms with Gasteiger partial charge in [-0.1, -0.05) is 37.3 Å². The zero-order valence-electron chi connectivity index (χ0n) is 18.1. The lowest BCUT2D eigenvalue weighted by Crippen LogP contribution is -2.47. The van der Waals surface area contributed by atoms with Crippen molar-refractivity contribution in [2.75, 3.05) is 12.4 Å². The Hall–Kier alpha value is -3.13. The first kappa shape index (κ1) is 21.7. The van der Waals surface area contributed by atoms with Crippen LogP contribution >= 0.6 is 11.8 Å². The van der Waals surface area contributed by atoms with E-state index in [0.29, 0.717) is 24.2 Å². The van der Waals surface area contributed by atoms with E-state index in [0.717, 1.165) is 28.5 Å². The standard InChI is InChI=1S/C25H23FN2O4S/c1-2-15-4-3-5-18-19(12-27-23(15)18)21(29)13-32-24(31)20-14-33-25(11-10-22(30)28(20)25)16-6-8-17(26)9-7-16/h3-9,12,20,27H,2,10-11,13-14H2,1H3/t20-,25-/m0/s1. The summed E-state index contributed by atoms with van der Waals surface area (Å²) < 4.78 is 18.8. The summed E-state index contributed by atoms with van der Waals surface area (Å²) in [4.78, 5) is 42.5. The predicted molar refractivity (Wildman–Crippen MR) is 123 cm³/mol. The van der Waals surface area contributed by atoms with Gasteiger partial charge in [-0.2, -0.15) is 0 Å². The molecule has 0 aliphatic carbocycles. The van der Waals surface area contributed by atoms with Crippen molar-refractivity contribution in [1.82, 2.24) is 9.88 Å². The van der Waals surface area contributed by atoms with Gasteiger partial charge in [-0.05, 0) is 36.1 Å². The number of carbonyl (C=O) groups is 3. The highest BCUT2D eigenvalue weighted by atomic mass is 32.2. The molecule has 0 saturated carbocycles. The van der Waals surface area contributed by atoms with Gasteiger partial charge in [-0.25, -0.2) is 9.18 Å². The van der Waals surface area contributed by atoms with Crippen LogP contribution in [0.25, 0.3) is 10.9 Å². The molecule has 170 valence electrons. The number of thioether (sulfide) groups is 1. The largest absolute Gasteiger partial charge is 0.456 e. The molecule has 2 aliphatic rings. The van der Waals surface area contributed by atoms with E-state index in [4.69, 9.17) is 4.74 Å². The highest BCUT2D eigenvalue weighted by molar-refractivity contribution is 8.00. The van der Waals surface area contributed by atoms with Crippen molar-refractivity contribution in [3.8, 4) is 0 Å². The molecule has 2 aromatic carbocycles. The number of benzene rings is 2. The van der Waals surface area contributed by atoms with Gasteiger partial charge in [-0.15, -0.1) is 11.8 Å². The van der Waals surface area contributed by atoms with Crippen LogP contribution in [0.2, 0.25) is 0 Å². The second kappa shape index (κ2) is 8.33. The third-order valence-corrected chi connectivity index (χ3v) is 8.12. The molecule has 1 N–H and O–H groups in total. The molecule has 0 radical (unpaired) electrons. The zero-order chi connectivity index (χ0) is 23.2. The molecular formula is C25H23FN2O4S. The fourth-order valence-corrected chi connectivity index (χ4v) is 6.52. The van der Waals surface area contributed by atoms with Gasteiger partial charge in [0, 0.05) is 34.8 Å². The normalized spacial score (nSPS) is 22.1. The van der Waals surface area contributed by atoms with Gasteiger partial charge in [0.1, 0.15) is 16.7 Å². The molecule has 3 aromatic rings. The van der Waals surface area contributed by atoms with Gasteiger partial charge < -0.3 is 14.6 Å². The van der Waals surface area contributed by atoms with Crippen LogP contribution in [-0.4, -0.2) is 45.9 Å². The monoisotopic (exact) mass is 466 g/mol. The van der Waals surface area contributed by atoms with Crippen molar-refractivity contribution in [2.45, 2.75) is 37.1 Å². The second-order valence-electron chi connectivity index (χ2n) is 8.31. The van der Waals surface area contributed by atoms with Gasteiger partial charge >= 0.3 is 5.97 Å². The van der Waals surface area contributed by atoms with E-state index in [1.54, 1.807) is 23.2 Å². The van der Waals surface area contributed by atoms with E-state index < -0.39 is 23.5 Å². The number of aromatic nitrogens is 1. The summed E-state index contributed by atoms with van der Waals surface area (Å²) >= 11 is 1.49. The topological polar surface area (TPSA) is 79.5 Å². The molecule has 5 rings (SSSR count). The second-order valence-corrected chi connectivity index (χ2v) is 9.61. The number of fused-ring (bicyclic) bond motifs is 2. The number of carbonyl (C=O) groups excluding carboxylic acids is 3. The molecule has 1 aromatic heterocycles. The average molecular weight is 467 g/mol. The predicted octanol–water partition coefficient (Wildman–Crippen LogP) is 4.19. The summed E-state index contributed by atoms with van der Waals surface area (Å²) in [6.45, 7) is 1.65. The lowest BCUT2D eigenvalue weighted by molar-refractivity contribution is -0.152. The molecule has 8 heteroatoms. The number of nitrogens with one attached hydrogen (secondary N) is 1. The lowest BCUT2D eigenvalue weighted by atomic mass is 10.0. The number of halogens is 1. The Kier molecular flexibility index (Phi) is 5.48. The third kappa shape index (κ3) is 3.53. The van der Waals surface area contributed by atoms with Crippen molar-refractivity contribution in [2.24, 2.45) is 0 Å². The summed E-state index contributed by atoms with van der Waals surface area (Å²) in [5.41, 5.74) is 3.29. The number of rotatable bonds is 6. The van der Waals surface area contributed by atoms with Crippen molar-refractivity contribution >= 4 is 40.3 Å². The number of esters is 1. The molecule has 2 saturated heterocycles. The summed E-state index contributed by atoms with van der Waals surface area (Å²) in [6, 6.07) is 11.0. The number of Topliss-reactive ketones (excluding diaryl/α,β-unsaturated/α-hetero) is 1. The maximum absolute atomic E-state index is 13.4. The van der Waals surface area contributed by atoms with Gasteiger partial charge in [0.05, 0.1) is 0 Å². The number of para-hydroxylation sites is 1. The molecule has 6 nitrogen and oxygen atoms in total. The van der Waals surface area contributed by atoms with Crippen LogP contribution < -0.4 is 0 Å². The molecule has 0 unspecified atom stereocenters. The minimum Gasteiger partial charge on any atom is -0.456 e. The summed E-state index contributed by atoms with van der Waals surface area (Å²) in [7, 11) is 0. The van der Waals surface area contributed by atoms with Crippen LogP contribution in [0.5, 0.6) is 0 Å². The number of hydrogen-bond donors (Lipinski definition) is 1. The summed E-state index contributed by atoms with van der Waals surface area (Å²) in [5, 5.41) is 0.803. The molecular weight excluding hydrogens is 443 g/mol. The molecule has 0 bridgehead atoms. The first-order valence-corrected chi connectivity index (χ1v) is 11.9. The van der Waals surface area contributed by atoms with E-state index in [9.17, 15) is 18.8 Å². The van der Waals surface area contributed by atoms with Crippen molar-refractivity contribution in [1.29, 1.82) is 0 Å². The van der Waals surface area contributed by atoms with Gasteiger partial charge in [0.2, 0.25) is 11.7 Å². The van der Waals surface area contributed by atoms with Crippen molar-refractivity contribution in [3.05, 3.63) is 71.2 Å². The Labute approximate surface area is 194 Å². The Morgan fingerprint density at radius 2 is 2.03 bits per heavy atom. The first-order valence-electron chi connectivity index (χ1n) is 11.0. The van der Waals surface area contributed by atoms with Gasteiger partial charge in [0.25, 0.3) is 0 Å². The number of aromatic amines is 1. The quantitative estimate of drug-likeness (QED) is 0.435. The molecule has 0 spiro atoms. The van der Waals surface area contributed by atoms with Crippen molar-refractivity contribution in [3.63, 3.8) is 0 Å². The maximum atomic E-state index is 13.4. The lowest BCUT2D eigenvalue weighted by Gasteiger charge is -2.33. The highest BCUT2D eigenvalue weighted by Crippen LogP contribution is 2.54. The molecule has 1 amide bonds. The minimum atomic E-state index is -0.780. The zero-order valence-corrected chi connectivity index (χ0v) is 18.9. The summed E-state index contributed by atoms with van der Waals surface area (Å²) in [5.74, 6) is -1.02. The molecule has 33 heavy (non-hydrogen) atoms. The Balaban J connectivity index is 1.32. The molecule has 2 fully saturated rings. The number of nitrogens with zero attached hydrogens (tertiary/aromatic N) is 1. The third-order valence-electron chi connectivity index (χ3n) is 6.52. The van der Waals surface area contributed by atoms with E-state index in [2.05, 4.69) is 4.98 Å². The number of H-pyrrole nitrogens is 1. The molecule has 2 atom stereocenters. The number of aryl methyl sites for hydroxylation is 1. The van der Waals surface area contributed by atoms with Crippen LogP contribution in [0.4, 0.5) is 4.39 Å². The highest BCUT2D eigenvalue weighted by Gasteiger charge is 2.57. The van der Waals surface area contributed by atoms with Crippen LogP contribution in [0.3, 0.4) is 0 Å². The number of hydrogen-bond acceptors (Lipinski definition) is 5. The molecule has 3 heterocycles. The average Bonchev–Trinajstić information content (AvgIpc) is 3.52. The van der Waals surface area contributed by atoms with Gasteiger partial charge in [0.15, 0.2) is 6.61 Å². The minimum absolute atomic E-state index is 0.138. The summed E-state index contributed by atoms with van der Waals surface area (Å²) in [6.07, 6.45) is 3.33. The van der Waals surface area contributed by atoms with E-state index >= 15 is 0 Å². The van der Waals surface area contributed by atoms with Crippen LogP contribution in [0, 0.1) is 5.82 Å². The van der Waals surface area contributed by atoms with E-state index in [1.807, 2.05) is 25.1 Å². The number of amides is 1. The Morgan fingerprint density at radius 1 is 1.24 bits per heavy atom. The Bertz CT molecular complexity index is 1260. The molecule has 2 aliphatic heterocycles.